The summed E-state index contributed by atoms with van der Waals surface area (Å²) in [5.74, 6) is 1.32. The molecular weight excluding hydrogens is 256 g/mol. The highest BCUT2D eigenvalue weighted by Gasteiger charge is 2.47. The van der Waals surface area contributed by atoms with Crippen LogP contribution in [-0.4, -0.2) is 44.4 Å². The summed E-state index contributed by atoms with van der Waals surface area (Å²) in [5, 5.41) is 20.4. The Balaban J connectivity index is 1.53. The van der Waals surface area contributed by atoms with E-state index < -0.39 is 5.60 Å². The number of aliphatic hydroxyl groups is 1. The number of nitrogens with zero attached hydrogens (tertiary/aromatic N) is 3. The van der Waals surface area contributed by atoms with Gasteiger partial charge in [-0.05, 0) is 18.3 Å². The molecule has 1 aliphatic heterocycles. The van der Waals surface area contributed by atoms with Crippen molar-refractivity contribution in [3.8, 4) is 0 Å². The first-order valence-electron chi connectivity index (χ1n) is 7.45. The fourth-order valence-electron chi connectivity index (χ4n) is 3.40. The standard InChI is InChI=1S/C14H22N4O2/c1-10-4-2-3-5-11(10)6-13(19)18-8-14(20,9-18)12-7-15-17-16-12/h7,10-11,20H,2-6,8-9H2,1H3,(H,15,16,17). The van der Waals surface area contributed by atoms with Crippen molar-refractivity contribution < 1.29 is 9.90 Å². The van der Waals surface area contributed by atoms with Crippen molar-refractivity contribution in [2.24, 2.45) is 11.8 Å². The molecule has 2 unspecified atom stereocenters. The summed E-state index contributed by atoms with van der Waals surface area (Å²) >= 11 is 0. The summed E-state index contributed by atoms with van der Waals surface area (Å²) < 4.78 is 0. The fraction of sp³-hybridized carbons (Fsp3) is 0.786. The number of rotatable bonds is 3. The summed E-state index contributed by atoms with van der Waals surface area (Å²) in [7, 11) is 0. The average molecular weight is 278 g/mol. The molecule has 0 aromatic carbocycles. The van der Waals surface area contributed by atoms with E-state index in [1.54, 1.807) is 4.90 Å². The molecule has 3 rings (SSSR count). The van der Waals surface area contributed by atoms with Gasteiger partial charge in [0.1, 0.15) is 11.3 Å². The highest BCUT2D eigenvalue weighted by atomic mass is 16.3. The molecule has 110 valence electrons. The van der Waals surface area contributed by atoms with E-state index >= 15 is 0 Å². The summed E-state index contributed by atoms with van der Waals surface area (Å²) in [5.41, 5.74) is -0.492. The lowest BCUT2D eigenvalue weighted by molar-refractivity contribution is -0.159. The Morgan fingerprint density at radius 1 is 1.50 bits per heavy atom. The van der Waals surface area contributed by atoms with Crippen LogP contribution in [0.15, 0.2) is 6.20 Å². The molecular formula is C14H22N4O2. The number of H-pyrrole nitrogens is 1. The van der Waals surface area contributed by atoms with E-state index in [0.717, 1.165) is 6.42 Å². The van der Waals surface area contributed by atoms with Gasteiger partial charge in [0.05, 0.1) is 19.3 Å². The molecule has 1 aliphatic carbocycles. The van der Waals surface area contributed by atoms with Crippen molar-refractivity contribution in [3.63, 3.8) is 0 Å². The van der Waals surface area contributed by atoms with E-state index in [1.807, 2.05) is 0 Å². The van der Waals surface area contributed by atoms with Gasteiger partial charge in [0, 0.05) is 6.42 Å². The van der Waals surface area contributed by atoms with Crippen LogP contribution in [0.5, 0.6) is 0 Å². The van der Waals surface area contributed by atoms with Crippen LogP contribution in [0, 0.1) is 11.8 Å². The molecule has 0 radical (unpaired) electrons. The second kappa shape index (κ2) is 5.16. The number of carbonyl (C=O) groups is 1. The molecule has 0 spiro atoms. The molecule has 2 N–H and O–H groups in total. The monoisotopic (exact) mass is 278 g/mol. The number of aromatic nitrogens is 3. The zero-order valence-electron chi connectivity index (χ0n) is 11.9. The summed E-state index contributed by atoms with van der Waals surface area (Å²) in [4.78, 5) is 14.0. The molecule has 20 heavy (non-hydrogen) atoms. The van der Waals surface area contributed by atoms with Crippen LogP contribution in [0.4, 0.5) is 0 Å². The number of β-amino-alcohol motifs (C(OH)–C–C–N with tert-alkyl or cyclic N) is 1. The van der Waals surface area contributed by atoms with E-state index in [-0.39, 0.29) is 5.91 Å². The average Bonchev–Trinajstić information content (AvgIpc) is 2.92. The zero-order chi connectivity index (χ0) is 14.2. The molecule has 2 atom stereocenters. The fourth-order valence-corrected chi connectivity index (χ4v) is 3.40. The molecule has 6 nitrogen and oxygen atoms in total. The third kappa shape index (κ3) is 2.44. The van der Waals surface area contributed by atoms with Gasteiger partial charge in [-0.3, -0.25) is 4.79 Å². The Morgan fingerprint density at radius 2 is 2.25 bits per heavy atom. The predicted molar refractivity (Wildman–Crippen MR) is 72.6 cm³/mol. The molecule has 2 heterocycles. The minimum absolute atomic E-state index is 0.164. The molecule has 1 aromatic heterocycles. The number of aromatic amines is 1. The van der Waals surface area contributed by atoms with Gasteiger partial charge >= 0.3 is 0 Å². The van der Waals surface area contributed by atoms with Gasteiger partial charge in [0.2, 0.25) is 5.91 Å². The third-order valence-electron chi connectivity index (χ3n) is 4.88. The normalized spacial score (nSPS) is 29.0. The van der Waals surface area contributed by atoms with E-state index in [0.29, 0.717) is 37.0 Å². The van der Waals surface area contributed by atoms with E-state index in [2.05, 4.69) is 22.3 Å². The maximum absolute atomic E-state index is 12.3. The van der Waals surface area contributed by atoms with E-state index in [9.17, 15) is 9.90 Å². The second-order valence-corrected chi connectivity index (χ2v) is 6.36. The van der Waals surface area contributed by atoms with Crippen LogP contribution in [-0.2, 0) is 10.4 Å². The van der Waals surface area contributed by atoms with Crippen molar-refractivity contribution in [1.29, 1.82) is 0 Å². The van der Waals surface area contributed by atoms with Gasteiger partial charge in [0.25, 0.3) is 0 Å². The first-order chi connectivity index (χ1) is 9.58. The van der Waals surface area contributed by atoms with Crippen LogP contribution in [0.2, 0.25) is 0 Å². The molecule has 6 heteroatoms. The van der Waals surface area contributed by atoms with E-state index in [1.165, 1.54) is 25.5 Å². The lowest BCUT2D eigenvalue weighted by Gasteiger charge is -2.45. The molecule has 1 amide bonds. The van der Waals surface area contributed by atoms with Crippen LogP contribution in [0.3, 0.4) is 0 Å². The molecule has 2 fully saturated rings. The van der Waals surface area contributed by atoms with E-state index in [4.69, 9.17) is 0 Å². The summed E-state index contributed by atoms with van der Waals surface area (Å²) in [6.07, 6.45) is 7.07. The quantitative estimate of drug-likeness (QED) is 0.866. The minimum atomic E-state index is -1.01. The smallest absolute Gasteiger partial charge is 0.223 e. The highest BCUT2D eigenvalue weighted by molar-refractivity contribution is 5.77. The van der Waals surface area contributed by atoms with Crippen molar-refractivity contribution in [1.82, 2.24) is 20.3 Å². The summed E-state index contributed by atoms with van der Waals surface area (Å²) in [6.45, 7) is 2.91. The molecule has 1 saturated heterocycles. The predicted octanol–water partition coefficient (Wildman–Crippen LogP) is 1.05. The summed E-state index contributed by atoms with van der Waals surface area (Å²) in [6, 6.07) is 0. The Labute approximate surface area is 118 Å². The van der Waals surface area contributed by atoms with Crippen molar-refractivity contribution in [3.05, 3.63) is 11.9 Å². The first kappa shape index (κ1) is 13.5. The van der Waals surface area contributed by atoms with Crippen molar-refractivity contribution >= 4 is 5.91 Å². The Morgan fingerprint density at radius 3 is 2.90 bits per heavy atom. The largest absolute Gasteiger partial charge is 0.380 e. The Kier molecular flexibility index (Phi) is 3.50. The van der Waals surface area contributed by atoms with Crippen molar-refractivity contribution in [2.45, 2.75) is 44.6 Å². The minimum Gasteiger partial charge on any atom is -0.380 e. The molecule has 2 aliphatic rings. The number of hydrogen-bond donors (Lipinski definition) is 2. The SMILES string of the molecule is CC1CCCCC1CC(=O)N1CC(O)(c2cn[nH]n2)C1. The molecule has 0 bridgehead atoms. The second-order valence-electron chi connectivity index (χ2n) is 6.36. The van der Waals surface area contributed by atoms with Gasteiger partial charge in [0.15, 0.2) is 0 Å². The Bertz CT molecular complexity index is 468. The number of carbonyl (C=O) groups excluding carboxylic acids is 1. The van der Waals surface area contributed by atoms with Gasteiger partial charge in [-0.2, -0.15) is 15.4 Å². The van der Waals surface area contributed by atoms with Gasteiger partial charge in [-0.15, -0.1) is 0 Å². The topological polar surface area (TPSA) is 82.1 Å². The zero-order valence-corrected chi connectivity index (χ0v) is 11.9. The van der Waals surface area contributed by atoms with Crippen LogP contribution < -0.4 is 0 Å². The Hall–Kier alpha value is -1.43. The number of likely N-dealkylation sites (tertiary alicyclic amines) is 1. The number of nitrogens with one attached hydrogen (secondary N) is 1. The number of amides is 1. The maximum atomic E-state index is 12.3. The third-order valence-corrected chi connectivity index (χ3v) is 4.88. The maximum Gasteiger partial charge on any atom is 0.223 e. The lowest BCUT2D eigenvalue weighted by Crippen LogP contribution is -2.61. The number of hydrogen-bond acceptors (Lipinski definition) is 4. The van der Waals surface area contributed by atoms with Crippen LogP contribution in [0.1, 0.15) is 44.7 Å². The molecule has 1 saturated carbocycles. The van der Waals surface area contributed by atoms with Crippen molar-refractivity contribution in [2.75, 3.05) is 13.1 Å². The first-order valence-corrected chi connectivity index (χ1v) is 7.45. The van der Waals surface area contributed by atoms with Crippen LogP contribution >= 0.6 is 0 Å². The highest BCUT2D eigenvalue weighted by Crippen LogP contribution is 2.35. The van der Waals surface area contributed by atoms with Gasteiger partial charge < -0.3 is 10.0 Å². The van der Waals surface area contributed by atoms with Gasteiger partial charge in [-0.1, -0.05) is 26.2 Å². The molecule has 1 aromatic rings. The van der Waals surface area contributed by atoms with Gasteiger partial charge in [-0.25, -0.2) is 0 Å². The lowest BCUT2D eigenvalue weighted by atomic mass is 9.78. The van der Waals surface area contributed by atoms with Crippen LogP contribution in [0.25, 0.3) is 0 Å².